The lowest BCUT2D eigenvalue weighted by atomic mass is 10.1. The number of aromatic nitrogens is 2. The molecule has 0 spiro atoms. The first-order valence-electron chi connectivity index (χ1n) is 7.79. The highest BCUT2D eigenvalue weighted by atomic mass is 16.5. The molecule has 27 heavy (non-hydrogen) atoms. The summed E-state index contributed by atoms with van der Waals surface area (Å²) in [6.45, 7) is -0.364. The number of ether oxygens (including phenoxy) is 2. The van der Waals surface area contributed by atoms with Crippen LogP contribution in [0.25, 0.3) is 0 Å². The number of hydrogen-bond donors (Lipinski definition) is 2. The van der Waals surface area contributed by atoms with Crippen molar-refractivity contribution in [3.8, 4) is 11.6 Å². The Morgan fingerprint density at radius 2 is 2.22 bits per heavy atom. The molecular weight excluding hydrogens is 352 g/mol. The van der Waals surface area contributed by atoms with Crippen molar-refractivity contribution in [1.82, 2.24) is 9.97 Å². The number of hydrogen-bond acceptors (Lipinski definition) is 8. The monoisotopic (exact) mass is 370 g/mol. The maximum atomic E-state index is 11.2. The fourth-order valence-electron chi connectivity index (χ4n) is 2.15. The van der Waals surface area contributed by atoms with Crippen LogP contribution in [0.1, 0.15) is 21.6 Å². The van der Waals surface area contributed by atoms with Gasteiger partial charge in [-0.25, -0.2) is 4.98 Å². The van der Waals surface area contributed by atoms with Gasteiger partial charge in [0.25, 0.3) is 0 Å². The molecular formula is C18H18N4O5. The van der Waals surface area contributed by atoms with E-state index in [0.717, 1.165) is 0 Å². The van der Waals surface area contributed by atoms with Crippen molar-refractivity contribution >= 4 is 18.0 Å². The highest BCUT2D eigenvalue weighted by Gasteiger charge is 2.12. The van der Waals surface area contributed by atoms with E-state index in [9.17, 15) is 9.59 Å². The second-order valence-corrected chi connectivity index (χ2v) is 5.14. The summed E-state index contributed by atoms with van der Waals surface area (Å²) in [7, 11) is 1.45. The number of carboxylic acid groups (broad SMARTS) is 1. The summed E-state index contributed by atoms with van der Waals surface area (Å²) >= 11 is 0. The first-order valence-corrected chi connectivity index (χ1v) is 7.79. The average Bonchev–Trinajstić information content (AvgIpc) is 2.69. The molecule has 140 valence electrons. The van der Waals surface area contributed by atoms with Crippen molar-refractivity contribution in [3.05, 3.63) is 59.7 Å². The number of allylic oxidation sites excluding steroid dienone is 1. The number of carbonyl (C=O) groups is 2. The largest absolute Gasteiger partial charge is 0.486 e. The summed E-state index contributed by atoms with van der Waals surface area (Å²) in [5, 5.41) is 8.84. The zero-order valence-corrected chi connectivity index (χ0v) is 14.5. The highest BCUT2D eigenvalue weighted by Crippen LogP contribution is 2.21. The predicted molar refractivity (Wildman–Crippen MR) is 97.1 cm³/mol. The minimum absolute atomic E-state index is 0.0581. The van der Waals surface area contributed by atoms with E-state index < -0.39 is 12.5 Å². The molecule has 2 rings (SSSR count). The number of carboxylic acids is 1. The van der Waals surface area contributed by atoms with Crippen LogP contribution in [0.3, 0.4) is 0 Å². The molecule has 0 fully saturated rings. The van der Waals surface area contributed by atoms with E-state index in [2.05, 4.69) is 15.0 Å². The van der Waals surface area contributed by atoms with Gasteiger partial charge in [0.15, 0.2) is 6.29 Å². The Balaban J connectivity index is 2.29. The summed E-state index contributed by atoms with van der Waals surface area (Å²) in [4.78, 5) is 34.3. The summed E-state index contributed by atoms with van der Waals surface area (Å²) in [6, 6.07) is 4.92. The van der Waals surface area contributed by atoms with Gasteiger partial charge in [0, 0.05) is 17.8 Å². The van der Waals surface area contributed by atoms with Gasteiger partial charge in [-0.1, -0.05) is 6.07 Å². The maximum absolute atomic E-state index is 11.2. The number of nitrogens with zero attached hydrogens (tertiary/aromatic N) is 3. The second-order valence-electron chi connectivity index (χ2n) is 5.14. The number of aliphatic carboxylic acids is 1. The van der Waals surface area contributed by atoms with E-state index in [0.29, 0.717) is 29.1 Å². The molecule has 0 aliphatic carbocycles. The topological polar surface area (TPSA) is 137 Å². The second kappa shape index (κ2) is 9.66. The summed E-state index contributed by atoms with van der Waals surface area (Å²) in [5.41, 5.74) is 7.08. The van der Waals surface area contributed by atoms with Crippen molar-refractivity contribution in [3.63, 3.8) is 0 Å². The molecule has 0 aliphatic heterocycles. The molecule has 0 bridgehead atoms. The van der Waals surface area contributed by atoms with E-state index in [1.54, 1.807) is 18.3 Å². The quantitative estimate of drug-likeness (QED) is 0.496. The van der Waals surface area contributed by atoms with Crippen LogP contribution in [0.2, 0.25) is 0 Å². The van der Waals surface area contributed by atoms with Gasteiger partial charge in [-0.3, -0.25) is 19.6 Å². The van der Waals surface area contributed by atoms with Gasteiger partial charge in [-0.15, -0.1) is 0 Å². The Kier molecular flexibility index (Phi) is 7.00. The SMILES string of the molecule is COc1cc(C=O)c(OCc2cccnc2C(C=CN)=NCC(=O)O)cn1. The Labute approximate surface area is 155 Å². The first kappa shape index (κ1) is 19.6. The normalized spacial score (nSPS) is 11.4. The minimum Gasteiger partial charge on any atom is -0.486 e. The van der Waals surface area contributed by atoms with Crippen LogP contribution in [-0.4, -0.2) is 46.7 Å². The maximum Gasteiger partial charge on any atom is 0.325 e. The van der Waals surface area contributed by atoms with Gasteiger partial charge in [0.2, 0.25) is 5.88 Å². The van der Waals surface area contributed by atoms with Crippen LogP contribution >= 0.6 is 0 Å². The fraction of sp³-hybridized carbons (Fsp3) is 0.167. The Morgan fingerprint density at radius 1 is 1.41 bits per heavy atom. The molecule has 0 unspecified atom stereocenters. The van der Waals surface area contributed by atoms with Crippen LogP contribution in [-0.2, 0) is 11.4 Å². The number of carbonyl (C=O) groups excluding carboxylic acids is 1. The van der Waals surface area contributed by atoms with E-state index in [-0.39, 0.29) is 17.9 Å². The lowest BCUT2D eigenvalue weighted by molar-refractivity contribution is -0.135. The highest BCUT2D eigenvalue weighted by molar-refractivity contribution is 6.08. The van der Waals surface area contributed by atoms with Crippen molar-refractivity contribution in [2.75, 3.05) is 13.7 Å². The minimum atomic E-state index is -1.08. The molecule has 0 aromatic carbocycles. The van der Waals surface area contributed by atoms with E-state index in [1.165, 1.54) is 31.6 Å². The smallest absolute Gasteiger partial charge is 0.325 e. The zero-order chi connectivity index (χ0) is 19.6. The molecule has 2 heterocycles. The number of pyridine rings is 2. The fourth-order valence-corrected chi connectivity index (χ4v) is 2.15. The number of nitrogens with two attached hydrogens (primary N) is 1. The molecule has 0 saturated heterocycles. The molecule has 0 radical (unpaired) electrons. The molecule has 9 heteroatoms. The molecule has 9 nitrogen and oxygen atoms in total. The number of aldehydes is 1. The van der Waals surface area contributed by atoms with E-state index >= 15 is 0 Å². The van der Waals surface area contributed by atoms with Crippen LogP contribution in [0.15, 0.2) is 47.9 Å². The lowest BCUT2D eigenvalue weighted by Crippen LogP contribution is -2.11. The van der Waals surface area contributed by atoms with Gasteiger partial charge >= 0.3 is 5.97 Å². The summed E-state index contributed by atoms with van der Waals surface area (Å²) < 4.78 is 10.7. The molecule has 0 amide bonds. The molecule has 0 saturated carbocycles. The van der Waals surface area contributed by atoms with Crippen molar-refractivity contribution < 1.29 is 24.2 Å². The zero-order valence-electron chi connectivity index (χ0n) is 14.5. The molecule has 0 aliphatic rings. The third-order valence-electron chi connectivity index (χ3n) is 3.36. The molecule has 2 aromatic heterocycles. The Bertz CT molecular complexity index is 880. The van der Waals surface area contributed by atoms with Gasteiger partial charge in [0.1, 0.15) is 18.9 Å². The van der Waals surface area contributed by atoms with Crippen molar-refractivity contribution in [2.24, 2.45) is 10.7 Å². The number of methoxy groups -OCH3 is 1. The van der Waals surface area contributed by atoms with Crippen LogP contribution in [0, 0.1) is 0 Å². The molecule has 3 N–H and O–H groups in total. The third-order valence-corrected chi connectivity index (χ3v) is 3.36. The van der Waals surface area contributed by atoms with E-state index in [1.807, 2.05) is 0 Å². The predicted octanol–water partition coefficient (Wildman–Crippen LogP) is 1.22. The van der Waals surface area contributed by atoms with Crippen LogP contribution in [0.4, 0.5) is 0 Å². The van der Waals surface area contributed by atoms with Crippen molar-refractivity contribution in [2.45, 2.75) is 6.61 Å². The standard InChI is InChI=1S/C18H18N4O5/c1-26-16-7-13(10-23)15(8-22-16)27-11-12-3-2-6-20-18(12)14(4-5-19)21-9-17(24)25/h2-8,10H,9,11,19H2,1H3,(H,24,25). The summed E-state index contributed by atoms with van der Waals surface area (Å²) in [5.74, 6) is -0.506. The van der Waals surface area contributed by atoms with Crippen LogP contribution < -0.4 is 15.2 Å². The number of rotatable bonds is 9. The third kappa shape index (κ3) is 5.36. The average molecular weight is 370 g/mol. The number of aliphatic imine (C=N–C) groups is 1. The molecule has 0 atom stereocenters. The first-order chi connectivity index (χ1) is 13.1. The lowest BCUT2D eigenvalue weighted by Gasteiger charge is -2.12. The van der Waals surface area contributed by atoms with Crippen molar-refractivity contribution in [1.29, 1.82) is 0 Å². The van der Waals surface area contributed by atoms with Gasteiger partial charge < -0.3 is 20.3 Å². The van der Waals surface area contributed by atoms with Gasteiger partial charge in [0.05, 0.1) is 30.3 Å². The Hall–Kier alpha value is -3.75. The van der Waals surface area contributed by atoms with E-state index in [4.69, 9.17) is 20.3 Å². The summed E-state index contributed by atoms with van der Waals surface area (Å²) in [6.07, 6.45) is 6.28. The Morgan fingerprint density at radius 3 is 2.89 bits per heavy atom. The van der Waals surface area contributed by atoms with Gasteiger partial charge in [-0.05, 0) is 18.3 Å². The van der Waals surface area contributed by atoms with Crippen LogP contribution in [0.5, 0.6) is 11.6 Å². The molecule has 2 aromatic rings. The van der Waals surface area contributed by atoms with Gasteiger partial charge in [-0.2, -0.15) is 0 Å².